The van der Waals surface area contributed by atoms with E-state index in [1.807, 2.05) is 12.1 Å². The molecule has 2 aliphatic rings. The molecule has 3 rings (SSSR count). The summed E-state index contributed by atoms with van der Waals surface area (Å²) in [6.45, 7) is 2.52. The van der Waals surface area contributed by atoms with E-state index in [0.717, 1.165) is 38.2 Å². The van der Waals surface area contributed by atoms with Crippen LogP contribution in [0.3, 0.4) is 0 Å². The molecule has 0 aliphatic carbocycles. The minimum Gasteiger partial charge on any atom is -0.497 e. The molecule has 2 saturated heterocycles. The van der Waals surface area contributed by atoms with Crippen LogP contribution in [0.1, 0.15) is 24.3 Å². The summed E-state index contributed by atoms with van der Waals surface area (Å²) >= 11 is 0. The van der Waals surface area contributed by atoms with Crippen molar-refractivity contribution in [3.05, 3.63) is 29.8 Å². The molecule has 1 amide bonds. The van der Waals surface area contributed by atoms with E-state index in [-0.39, 0.29) is 29.6 Å². The normalized spacial score (nSPS) is 28.9. The van der Waals surface area contributed by atoms with E-state index in [2.05, 4.69) is 22.8 Å². The fourth-order valence-electron chi connectivity index (χ4n) is 3.44. The Labute approximate surface area is 125 Å². The fourth-order valence-corrected chi connectivity index (χ4v) is 3.44. The van der Waals surface area contributed by atoms with Gasteiger partial charge in [0.25, 0.3) is 0 Å². The van der Waals surface area contributed by atoms with Crippen molar-refractivity contribution in [3.63, 3.8) is 0 Å². The van der Waals surface area contributed by atoms with E-state index < -0.39 is 0 Å². The maximum atomic E-state index is 12.3. The monoisotopic (exact) mass is 296 g/mol. The molecular formula is C15H21ClN2O2. The third kappa shape index (κ3) is 2.38. The van der Waals surface area contributed by atoms with Crippen molar-refractivity contribution in [2.24, 2.45) is 5.41 Å². The molecule has 2 unspecified atom stereocenters. The zero-order valence-corrected chi connectivity index (χ0v) is 12.5. The largest absolute Gasteiger partial charge is 0.497 e. The average molecular weight is 297 g/mol. The van der Waals surface area contributed by atoms with Crippen LogP contribution in [0, 0.1) is 5.41 Å². The van der Waals surface area contributed by atoms with Gasteiger partial charge < -0.3 is 15.4 Å². The number of amides is 1. The molecule has 2 N–H and O–H groups in total. The topological polar surface area (TPSA) is 50.4 Å². The van der Waals surface area contributed by atoms with E-state index in [9.17, 15) is 4.79 Å². The van der Waals surface area contributed by atoms with Crippen LogP contribution in [0.5, 0.6) is 5.75 Å². The third-order valence-corrected chi connectivity index (χ3v) is 4.50. The van der Waals surface area contributed by atoms with E-state index in [0.29, 0.717) is 0 Å². The number of benzene rings is 1. The first kappa shape index (κ1) is 15.1. The number of carbonyl (C=O) groups excluding carboxylic acids is 1. The number of rotatable bonds is 2. The molecule has 1 spiro atoms. The number of halogens is 1. The second-order valence-electron chi connectivity index (χ2n) is 5.48. The molecule has 5 heteroatoms. The summed E-state index contributed by atoms with van der Waals surface area (Å²) in [7, 11) is 1.68. The van der Waals surface area contributed by atoms with Crippen molar-refractivity contribution in [3.8, 4) is 5.75 Å². The fraction of sp³-hybridized carbons (Fsp3) is 0.533. The Hall–Kier alpha value is -1.26. The lowest BCUT2D eigenvalue weighted by atomic mass is 9.69. The van der Waals surface area contributed by atoms with Crippen LogP contribution in [0.25, 0.3) is 0 Å². The molecule has 0 aromatic heterocycles. The molecule has 2 heterocycles. The van der Waals surface area contributed by atoms with Crippen LogP contribution in [0.2, 0.25) is 0 Å². The lowest BCUT2D eigenvalue weighted by molar-refractivity contribution is -0.129. The second kappa shape index (κ2) is 6.02. The maximum absolute atomic E-state index is 12.3. The van der Waals surface area contributed by atoms with Crippen LogP contribution >= 0.6 is 12.4 Å². The number of hydrogen-bond donors (Lipinski definition) is 2. The Morgan fingerprint density at radius 2 is 2.25 bits per heavy atom. The van der Waals surface area contributed by atoms with Gasteiger partial charge >= 0.3 is 0 Å². The van der Waals surface area contributed by atoms with Gasteiger partial charge in [-0.1, -0.05) is 12.1 Å². The van der Waals surface area contributed by atoms with Crippen molar-refractivity contribution >= 4 is 18.3 Å². The molecule has 2 atom stereocenters. The van der Waals surface area contributed by atoms with E-state index in [1.165, 1.54) is 5.56 Å². The van der Waals surface area contributed by atoms with Gasteiger partial charge in [-0.3, -0.25) is 4.79 Å². The third-order valence-electron chi connectivity index (χ3n) is 4.50. The number of nitrogens with one attached hydrogen (secondary N) is 2. The Bertz CT molecular complexity index is 487. The van der Waals surface area contributed by atoms with Crippen molar-refractivity contribution in [1.82, 2.24) is 10.6 Å². The van der Waals surface area contributed by atoms with E-state index in [4.69, 9.17) is 4.74 Å². The standard InChI is InChI=1S/C15H20N2O2.ClH/c1-19-12-5-2-4-11(8-12)13-9-17-14(18)15(13)6-3-7-16-10-15;/h2,4-5,8,13,16H,3,6-7,9-10H2,1H3,(H,17,18);1H. The lowest BCUT2D eigenvalue weighted by Crippen LogP contribution is -2.47. The minimum absolute atomic E-state index is 0. The molecule has 110 valence electrons. The lowest BCUT2D eigenvalue weighted by Gasteiger charge is -2.36. The molecule has 0 bridgehead atoms. The Morgan fingerprint density at radius 3 is 2.95 bits per heavy atom. The number of piperidine rings is 1. The molecule has 2 fully saturated rings. The van der Waals surface area contributed by atoms with Gasteiger partial charge in [-0.25, -0.2) is 0 Å². The Morgan fingerprint density at radius 1 is 1.40 bits per heavy atom. The van der Waals surface area contributed by atoms with Gasteiger partial charge in [-0.05, 0) is 37.1 Å². The van der Waals surface area contributed by atoms with Crippen LogP contribution in [0.15, 0.2) is 24.3 Å². The molecule has 0 saturated carbocycles. The summed E-state index contributed by atoms with van der Waals surface area (Å²) in [5, 5.41) is 6.43. The van der Waals surface area contributed by atoms with Gasteiger partial charge in [0.05, 0.1) is 12.5 Å². The molecule has 2 aliphatic heterocycles. The molecule has 1 aromatic carbocycles. The summed E-state index contributed by atoms with van der Waals surface area (Å²) < 4.78 is 5.30. The first-order chi connectivity index (χ1) is 9.26. The highest BCUT2D eigenvalue weighted by Crippen LogP contribution is 2.45. The maximum Gasteiger partial charge on any atom is 0.228 e. The Kier molecular flexibility index (Phi) is 4.55. The quantitative estimate of drug-likeness (QED) is 0.873. The average Bonchev–Trinajstić information content (AvgIpc) is 2.77. The first-order valence-electron chi connectivity index (χ1n) is 6.89. The zero-order chi connectivity index (χ0) is 13.3. The molecule has 1 aromatic rings. The Balaban J connectivity index is 0.00000147. The zero-order valence-electron chi connectivity index (χ0n) is 11.6. The van der Waals surface area contributed by atoms with Crippen molar-refractivity contribution in [2.75, 3.05) is 26.7 Å². The number of carbonyl (C=O) groups is 1. The summed E-state index contributed by atoms with van der Waals surface area (Å²) in [6, 6.07) is 8.10. The highest BCUT2D eigenvalue weighted by molar-refractivity contribution is 5.87. The van der Waals surface area contributed by atoms with Crippen LogP contribution < -0.4 is 15.4 Å². The smallest absolute Gasteiger partial charge is 0.228 e. The molecule has 0 radical (unpaired) electrons. The van der Waals surface area contributed by atoms with Gasteiger partial charge in [0.15, 0.2) is 0 Å². The van der Waals surface area contributed by atoms with Crippen molar-refractivity contribution in [1.29, 1.82) is 0 Å². The highest BCUT2D eigenvalue weighted by atomic mass is 35.5. The van der Waals surface area contributed by atoms with Crippen LogP contribution in [-0.4, -0.2) is 32.7 Å². The number of ether oxygens (including phenoxy) is 1. The SMILES string of the molecule is COc1cccc(C2CNC(=O)C23CCCNC3)c1.Cl. The van der Waals surface area contributed by atoms with Crippen LogP contribution in [0.4, 0.5) is 0 Å². The summed E-state index contributed by atoms with van der Waals surface area (Å²) in [5.74, 6) is 1.30. The predicted molar refractivity (Wildman–Crippen MR) is 80.5 cm³/mol. The van der Waals surface area contributed by atoms with E-state index in [1.54, 1.807) is 7.11 Å². The minimum atomic E-state index is -0.273. The van der Waals surface area contributed by atoms with E-state index >= 15 is 0 Å². The van der Waals surface area contributed by atoms with Gasteiger partial charge in [0.1, 0.15) is 5.75 Å². The number of methoxy groups -OCH3 is 1. The summed E-state index contributed by atoms with van der Waals surface area (Å²) in [5.41, 5.74) is 0.923. The van der Waals surface area contributed by atoms with Gasteiger partial charge in [0.2, 0.25) is 5.91 Å². The predicted octanol–water partition coefficient (Wildman–Crippen LogP) is 1.70. The van der Waals surface area contributed by atoms with Gasteiger partial charge in [-0.15, -0.1) is 12.4 Å². The molecule has 4 nitrogen and oxygen atoms in total. The van der Waals surface area contributed by atoms with Crippen molar-refractivity contribution in [2.45, 2.75) is 18.8 Å². The first-order valence-corrected chi connectivity index (χ1v) is 6.89. The summed E-state index contributed by atoms with van der Waals surface area (Å²) in [6.07, 6.45) is 2.03. The highest BCUT2D eigenvalue weighted by Gasteiger charge is 2.51. The molecular weight excluding hydrogens is 276 g/mol. The van der Waals surface area contributed by atoms with Gasteiger partial charge in [0, 0.05) is 19.0 Å². The van der Waals surface area contributed by atoms with Crippen LogP contribution in [-0.2, 0) is 4.79 Å². The second-order valence-corrected chi connectivity index (χ2v) is 5.48. The summed E-state index contributed by atoms with van der Waals surface area (Å²) in [4.78, 5) is 12.3. The molecule has 20 heavy (non-hydrogen) atoms. The van der Waals surface area contributed by atoms with Gasteiger partial charge in [-0.2, -0.15) is 0 Å². The number of hydrogen-bond acceptors (Lipinski definition) is 3. The van der Waals surface area contributed by atoms with Crippen molar-refractivity contribution < 1.29 is 9.53 Å².